The molecule has 10 heteroatoms. The van der Waals surface area contributed by atoms with Gasteiger partial charge in [-0.3, -0.25) is 19.2 Å². The SMILES string of the molecule is C[C@H](NC(=O)[C@@H](N)Cc1ccc(O)cc1)C(=O)N[C@@H](Cc1ccccc1)C(=O)N1CCC[C@@H]1C(N)=O. The summed E-state index contributed by atoms with van der Waals surface area (Å²) in [6.45, 7) is 1.89. The Labute approximate surface area is 210 Å². The lowest BCUT2D eigenvalue weighted by atomic mass is 10.0. The summed E-state index contributed by atoms with van der Waals surface area (Å²) in [5, 5.41) is 14.7. The quantitative estimate of drug-likeness (QED) is 0.310. The maximum absolute atomic E-state index is 13.4. The maximum atomic E-state index is 13.4. The summed E-state index contributed by atoms with van der Waals surface area (Å²) in [4.78, 5) is 52.2. The number of amides is 4. The summed E-state index contributed by atoms with van der Waals surface area (Å²) in [6.07, 6.45) is 1.57. The van der Waals surface area contributed by atoms with E-state index < -0.39 is 47.8 Å². The molecule has 0 radical (unpaired) electrons. The van der Waals surface area contributed by atoms with Gasteiger partial charge in [-0.1, -0.05) is 42.5 Å². The number of hydrogen-bond acceptors (Lipinski definition) is 6. The van der Waals surface area contributed by atoms with E-state index in [2.05, 4.69) is 10.6 Å². The summed E-state index contributed by atoms with van der Waals surface area (Å²) in [5.74, 6) is -1.93. The molecule has 2 aromatic rings. The predicted octanol–water partition coefficient (Wildman–Crippen LogP) is -0.0295. The first kappa shape index (κ1) is 26.7. The molecule has 3 rings (SSSR count). The zero-order valence-electron chi connectivity index (χ0n) is 20.2. The first-order valence-corrected chi connectivity index (χ1v) is 11.9. The third-order valence-electron chi connectivity index (χ3n) is 6.24. The molecule has 1 saturated heterocycles. The Hall–Kier alpha value is -3.92. The summed E-state index contributed by atoms with van der Waals surface area (Å²) in [6, 6.07) is 12.0. The van der Waals surface area contributed by atoms with Gasteiger partial charge in [0.05, 0.1) is 6.04 Å². The van der Waals surface area contributed by atoms with Gasteiger partial charge in [0.2, 0.25) is 23.6 Å². The van der Waals surface area contributed by atoms with Crippen molar-refractivity contribution >= 4 is 23.6 Å². The van der Waals surface area contributed by atoms with Crippen molar-refractivity contribution in [2.75, 3.05) is 6.54 Å². The van der Waals surface area contributed by atoms with E-state index in [0.29, 0.717) is 19.4 Å². The smallest absolute Gasteiger partial charge is 0.246 e. The Morgan fingerprint density at radius 2 is 1.61 bits per heavy atom. The number of rotatable bonds is 10. The van der Waals surface area contributed by atoms with Gasteiger partial charge in [0.25, 0.3) is 0 Å². The largest absolute Gasteiger partial charge is 0.508 e. The molecule has 1 fully saturated rings. The topological polar surface area (TPSA) is 168 Å². The molecular formula is C26H33N5O5. The highest BCUT2D eigenvalue weighted by Gasteiger charge is 2.37. The third kappa shape index (κ3) is 7.05. The molecule has 0 aliphatic carbocycles. The Kier molecular flexibility index (Phi) is 9.02. The number of nitrogens with one attached hydrogen (secondary N) is 2. The molecule has 4 atom stereocenters. The van der Waals surface area contributed by atoms with Crippen LogP contribution >= 0.6 is 0 Å². The molecule has 0 unspecified atom stereocenters. The molecule has 36 heavy (non-hydrogen) atoms. The Morgan fingerprint density at radius 3 is 2.25 bits per heavy atom. The lowest BCUT2D eigenvalue weighted by Crippen LogP contribution is -2.57. The minimum absolute atomic E-state index is 0.109. The number of aromatic hydroxyl groups is 1. The van der Waals surface area contributed by atoms with Gasteiger partial charge in [-0.15, -0.1) is 0 Å². The standard InChI is InChI=1S/C26H33N5O5/c1-16(29-25(35)20(27)14-18-9-11-19(32)12-10-18)24(34)30-21(15-17-6-3-2-4-7-17)26(36)31-13-5-8-22(31)23(28)33/h2-4,6-7,9-12,16,20-22,32H,5,8,13-15,27H2,1H3,(H2,28,33)(H,29,35)(H,30,34)/t16-,20-,21-,22+/m0/s1. The van der Waals surface area contributed by atoms with Crippen LogP contribution in [0.2, 0.25) is 0 Å². The van der Waals surface area contributed by atoms with E-state index in [-0.39, 0.29) is 18.6 Å². The van der Waals surface area contributed by atoms with E-state index in [0.717, 1.165) is 11.1 Å². The van der Waals surface area contributed by atoms with Crippen molar-refractivity contribution in [1.82, 2.24) is 15.5 Å². The molecule has 1 heterocycles. The fourth-order valence-corrected chi connectivity index (χ4v) is 4.24. The molecule has 10 nitrogen and oxygen atoms in total. The second-order valence-corrected chi connectivity index (χ2v) is 9.05. The number of carbonyl (C=O) groups is 4. The Bertz CT molecular complexity index is 1080. The van der Waals surface area contributed by atoms with Crippen LogP contribution in [0.1, 0.15) is 30.9 Å². The number of benzene rings is 2. The molecule has 2 aromatic carbocycles. The van der Waals surface area contributed by atoms with Gasteiger partial charge in [0.1, 0.15) is 23.9 Å². The van der Waals surface area contributed by atoms with Gasteiger partial charge in [-0.2, -0.15) is 0 Å². The predicted molar refractivity (Wildman–Crippen MR) is 133 cm³/mol. The van der Waals surface area contributed by atoms with Crippen molar-refractivity contribution in [2.24, 2.45) is 11.5 Å². The van der Waals surface area contributed by atoms with Crippen LogP contribution in [0.3, 0.4) is 0 Å². The Balaban J connectivity index is 1.65. The third-order valence-corrected chi connectivity index (χ3v) is 6.24. The average molecular weight is 496 g/mol. The summed E-state index contributed by atoms with van der Waals surface area (Å²) < 4.78 is 0. The molecule has 0 saturated carbocycles. The van der Waals surface area contributed by atoms with Gasteiger partial charge < -0.3 is 32.1 Å². The minimum atomic E-state index is -0.958. The summed E-state index contributed by atoms with van der Waals surface area (Å²) in [5.41, 5.74) is 13.1. The molecule has 192 valence electrons. The van der Waals surface area contributed by atoms with E-state index >= 15 is 0 Å². The molecule has 1 aliphatic rings. The first-order valence-electron chi connectivity index (χ1n) is 11.9. The lowest BCUT2D eigenvalue weighted by Gasteiger charge is -2.29. The van der Waals surface area contributed by atoms with Crippen molar-refractivity contribution in [3.63, 3.8) is 0 Å². The number of nitrogens with zero attached hydrogens (tertiary/aromatic N) is 1. The van der Waals surface area contributed by atoms with Crippen LogP contribution in [0, 0.1) is 0 Å². The number of likely N-dealkylation sites (tertiary alicyclic amines) is 1. The summed E-state index contributed by atoms with van der Waals surface area (Å²) >= 11 is 0. The Morgan fingerprint density at radius 1 is 0.972 bits per heavy atom. The number of primary amides is 1. The maximum Gasteiger partial charge on any atom is 0.246 e. The average Bonchev–Trinajstić information content (AvgIpc) is 3.35. The molecular weight excluding hydrogens is 462 g/mol. The van der Waals surface area contributed by atoms with Crippen LogP contribution in [0.4, 0.5) is 0 Å². The lowest BCUT2D eigenvalue weighted by molar-refractivity contribution is -0.141. The molecule has 0 bridgehead atoms. The van der Waals surface area contributed by atoms with E-state index in [1.54, 1.807) is 12.1 Å². The molecule has 7 N–H and O–H groups in total. The van der Waals surface area contributed by atoms with E-state index in [9.17, 15) is 24.3 Å². The van der Waals surface area contributed by atoms with Crippen LogP contribution in [-0.4, -0.2) is 64.3 Å². The normalized spacial score (nSPS) is 17.6. The highest BCUT2D eigenvalue weighted by atomic mass is 16.3. The fourth-order valence-electron chi connectivity index (χ4n) is 4.24. The molecule has 0 spiro atoms. The van der Waals surface area contributed by atoms with Crippen molar-refractivity contribution < 1.29 is 24.3 Å². The second kappa shape index (κ2) is 12.2. The van der Waals surface area contributed by atoms with Gasteiger partial charge in [-0.25, -0.2) is 0 Å². The van der Waals surface area contributed by atoms with Crippen LogP contribution in [-0.2, 0) is 32.0 Å². The zero-order chi connectivity index (χ0) is 26.2. The number of carbonyl (C=O) groups excluding carboxylic acids is 4. The van der Waals surface area contributed by atoms with Crippen LogP contribution < -0.4 is 22.1 Å². The van der Waals surface area contributed by atoms with E-state index in [1.165, 1.54) is 24.0 Å². The van der Waals surface area contributed by atoms with E-state index in [1.807, 2.05) is 30.3 Å². The summed E-state index contributed by atoms with van der Waals surface area (Å²) in [7, 11) is 0. The number of hydrogen-bond donors (Lipinski definition) is 5. The van der Waals surface area contributed by atoms with Crippen molar-refractivity contribution in [3.8, 4) is 5.75 Å². The zero-order valence-corrected chi connectivity index (χ0v) is 20.2. The number of nitrogens with two attached hydrogens (primary N) is 2. The van der Waals surface area contributed by atoms with Gasteiger partial charge in [0, 0.05) is 13.0 Å². The second-order valence-electron chi connectivity index (χ2n) is 9.05. The molecule has 0 aromatic heterocycles. The van der Waals surface area contributed by atoms with Gasteiger partial charge >= 0.3 is 0 Å². The number of phenolic OH excluding ortho intramolecular Hbond substituents is 1. The first-order chi connectivity index (χ1) is 17.2. The van der Waals surface area contributed by atoms with Crippen LogP contribution in [0.15, 0.2) is 54.6 Å². The van der Waals surface area contributed by atoms with Crippen molar-refractivity contribution in [1.29, 1.82) is 0 Å². The van der Waals surface area contributed by atoms with Crippen LogP contribution in [0.25, 0.3) is 0 Å². The van der Waals surface area contributed by atoms with Crippen molar-refractivity contribution in [3.05, 3.63) is 65.7 Å². The van der Waals surface area contributed by atoms with Gasteiger partial charge in [-0.05, 0) is 49.4 Å². The molecule has 1 aliphatic heterocycles. The number of phenols is 1. The highest BCUT2D eigenvalue weighted by Crippen LogP contribution is 2.19. The fraction of sp³-hybridized carbons (Fsp3) is 0.385. The van der Waals surface area contributed by atoms with Crippen LogP contribution in [0.5, 0.6) is 5.75 Å². The van der Waals surface area contributed by atoms with Gasteiger partial charge in [0.15, 0.2) is 0 Å². The van der Waals surface area contributed by atoms with E-state index in [4.69, 9.17) is 11.5 Å². The monoisotopic (exact) mass is 495 g/mol. The van der Waals surface area contributed by atoms with Crippen molar-refractivity contribution in [2.45, 2.75) is 56.8 Å². The highest BCUT2D eigenvalue weighted by molar-refractivity contribution is 5.94. The molecule has 4 amide bonds. The minimum Gasteiger partial charge on any atom is -0.508 e.